The van der Waals surface area contributed by atoms with Crippen LogP contribution < -0.4 is 10.1 Å². The molecule has 0 bridgehead atoms. The van der Waals surface area contributed by atoms with Crippen molar-refractivity contribution in [3.8, 4) is 5.88 Å². The first-order valence-corrected chi connectivity index (χ1v) is 6.69. The Hall–Kier alpha value is -1.56. The van der Waals surface area contributed by atoms with Gasteiger partial charge in [-0.05, 0) is 12.1 Å². The monoisotopic (exact) mass is 313 g/mol. The van der Waals surface area contributed by atoms with Crippen LogP contribution in [0.1, 0.15) is 5.56 Å². The summed E-state index contributed by atoms with van der Waals surface area (Å²) in [5, 5.41) is 12.7. The van der Waals surface area contributed by atoms with Gasteiger partial charge in [0.1, 0.15) is 12.4 Å². The van der Waals surface area contributed by atoms with Gasteiger partial charge in [0.15, 0.2) is 0 Å². The number of rotatable bonds is 6. The molecule has 5 nitrogen and oxygen atoms in total. The molecule has 1 heterocycles. The number of benzene rings is 1. The van der Waals surface area contributed by atoms with Gasteiger partial charge in [-0.15, -0.1) is 0 Å². The van der Waals surface area contributed by atoms with Crippen LogP contribution in [0.3, 0.4) is 0 Å². The first kappa shape index (κ1) is 14.8. The summed E-state index contributed by atoms with van der Waals surface area (Å²) >= 11 is 12.1. The third kappa shape index (κ3) is 3.96. The number of ether oxygens (including phenoxy) is 1. The molecule has 2 aromatic rings. The van der Waals surface area contributed by atoms with Crippen molar-refractivity contribution in [3.05, 3.63) is 46.2 Å². The summed E-state index contributed by atoms with van der Waals surface area (Å²) in [5.41, 5.74) is 0.708. The molecule has 20 heavy (non-hydrogen) atoms. The Kier molecular flexibility index (Phi) is 5.40. The third-order valence-electron chi connectivity index (χ3n) is 2.47. The Bertz CT molecular complexity index is 544. The average molecular weight is 314 g/mol. The minimum absolute atomic E-state index is 0.0327. The predicted octanol–water partition coefficient (Wildman–Crippen LogP) is 2.77. The van der Waals surface area contributed by atoms with Crippen molar-refractivity contribution < 1.29 is 9.84 Å². The fourth-order valence-electron chi connectivity index (χ4n) is 1.48. The highest BCUT2D eigenvalue weighted by molar-refractivity contribution is 6.35. The minimum Gasteiger partial charge on any atom is -0.472 e. The normalized spacial score (nSPS) is 10.3. The molecule has 2 N–H and O–H groups in total. The second-order valence-electron chi connectivity index (χ2n) is 3.88. The van der Waals surface area contributed by atoms with E-state index in [1.165, 1.54) is 12.4 Å². The zero-order valence-corrected chi connectivity index (χ0v) is 12.0. The molecule has 0 saturated heterocycles. The maximum Gasteiger partial charge on any atom is 0.232 e. The number of nitrogens with one attached hydrogen (secondary N) is 1. The van der Waals surface area contributed by atoms with Crippen molar-refractivity contribution >= 4 is 29.0 Å². The van der Waals surface area contributed by atoms with E-state index in [1.54, 1.807) is 18.2 Å². The quantitative estimate of drug-likeness (QED) is 0.858. The fraction of sp³-hybridized carbons (Fsp3) is 0.231. The molecule has 0 aliphatic carbocycles. The van der Waals surface area contributed by atoms with Crippen LogP contribution in [-0.4, -0.2) is 28.2 Å². The molecule has 2 rings (SSSR count). The number of hydrogen-bond donors (Lipinski definition) is 2. The molecule has 106 valence electrons. The van der Waals surface area contributed by atoms with Gasteiger partial charge < -0.3 is 15.2 Å². The van der Waals surface area contributed by atoms with Gasteiger partial charge in [0, 0.05) is 22.2 Å². The molecule has 1 aromatic heterocycles. The van der Waals surface area contributed by atoms with E-state index < -0.39 is 0 Å². The number of aliphatic hydroxyl groups excluding tert-OH is 1. The standard InChI is InChI=1S/C13H13Cl2N3O2/c14-10-2-1-3-11(15)9(10)8-20-13-7-17-12(6-18-13)16-4-5-19/h1-3,6-7,19H,4-5,8H2,(H,16,17). The van der Waals surface area contributed by atoms with Crippen LogP contribution in [-0.2, 0) is 6.61 Å². The van der Waals surface area contributed by atoms with E-state index in [0.29, 0.717) is 33.9 Å². The van der Waals surface area contributed by atoms with Gasteiger partial charge in [0.25, 0.3) is 0 Å². The first-order chi connectivity index (χ1) is 9.70. The van der Waals surface area contributed by atoms with E-state index >= 15 is 0 Å². The Morgan fingerprint density at radius 1 is 1.15 bits per heavy atom. The van der Waals surface area contributed by atoms with Gasteiger partial charge in [0.2, 0.25) is 5.88 Å². The van der Waals surface area contributed by atoms with Crippen LogP contribution in [0.2, 0.25) is 10.0 Å². The van der Waals surface area contributed by atoms with Gasteiger partial charge in [0.05, 0.1) is 19.0 Å². The fourth-order valence-corrected chi connectivity index (χ4v) is 1.99. The SMILES string of the molecule is OCCNc1cnc(OCc2c(Cl)cccc2Cl)cn1. The number of aliphatic hydroxyl groups is 1. The van der Waals surface area contributed by atoms with Crippen LogP contribution >= 0.6 is 23.2 Å². The number of halogens is 2. The predicted molar refractivity (Wildman–Crippen MR) is 78.4 cm³/mol. The average Bonchev–Trinajstić information content (AvgIpc) is 2.46. The third-order valence-corrected chi connectivity index (χ3v) is 3.18. The van der Waals surface area contributed by atoms with E-state index in [0.717, 1.165) is 0 Å². The molecule has 1 aromatic carbocycles. The molecule has 0 amide bonds. The number of anilines is 1. The van der Waals surface area contributed by atoms with Crippen LogP contribution in [0.15, 0.2) is 30.6 Å². The Morgan fingerprint density at radius 3 is 2.50 bits per heavy atom. The van der Waals surface area contributed by atoms with Gasteiger partial charge in [-0.3, -0.25) is 0 Å². The molecule has 0 saturated carbocycles. The van der Waals surface area contributed by atoms with Crippen LogP contribution in [0.25, 0.3) is 0 Å². The lowest BCUT2D eigenvalue weighted by Gasteiger charge is -2.09. The smallest absolute Gasteiger partial charge is 0.232 e. The summed E-state index contributed by atoms with van der Waals surface area (Å²) in [6.45, 7) is 0.672. The molecule has 0 unspecified atom stereocenters. The summed E-state index contributed by atoms with van der Waals surface area (Å²) in [6, 6.07) is 5.27. The van der Waals surface area contributed by atoms with Gasteiger partial charge in [-0.1, -0.05) is 29.3 Å². The molecule has 0 atom stereocenters. The topological polar surface area (TPSA) is 67.3 Å². The van der Waals surface area contributed by atoms with Crippen LogP contribution in [0.5, 0.6) is 5.88 Å². The molecule has 0 aliphatic heterocycles. The van der Waals surface area contributed by atoms with Gasteiger partial charge >= 0.3 is 0 Å². The zero-order valence-electron chi connectivity index (χ0n) is 10.5. The summed E-state index contributed by atoms with van der Waals surface area (Å²) in [6.07, 6.45) is 3.02. The highest BCUT2D eigenvalue weighted by Crippen LogP contribution is 2.25. The minimum atomic E-state index is 0.0327. The number of nitrogens with zero attached hydrogens (tertiary/aromatic N) is 2. The lowest BCUT2D eigenvalue weighted by atomic mass is 10.2. The summed E-state index contributed by atoms with van der Waals surface area (Å²) in [4.78, 5) is 8.19. The van der Waals surface area contributed by atoms with Crippen LogP contribution in [0, 0.1) is 0 Å². The van der Waals surface area contributed by atoms with E-state index in [9.17, 15) is 0 Å². The second-order valence-corrected chi connectivity index (χ2v) is 4.69. The van der Waals surface area contributed by atoms with Crippen LogP contribution in [0.4, 0.5) is 5.82 Å². The molecular formula is C13H13Cl2N3O2. The molecule has 0 fully saturated rings. The summed E-state index contributed by atoms with van der Waals surface area (Å²) in [7, 11) is 0. The molecule has 7 heteroatoms. The Labute approximate surface area is 126 Å². The molecule has 0 spiro atoms. The highest BCUT2D eigenvalue weighted by atomic mass is 35.5. The number of aromatic nitrogens is 2. The van der Waals surface area contributed by atoms with Crippen molar-refractivity contribution in [2.75, 3.05) is 18.5 Å². The highest BCUT2D eigenvalue weighted by Gasteiger charge is 2.07. The molecule has 0 aliphatic rings. The maximum atomic E-state index is 8.68. The van der Waals surface area contributed by atoms with E-state index in [4.69, 9.17) is 33.0 Å². The van der Waals surface area contributed by atoms with E-state index in [-0.39, 0.29) is 13.2 Å². The Morgan fingerprint density at radius 2 is 1.90 bits per heavy atom. The lowest BCUT2D eigenvalue weighted by molar-refractivity contribution is 0.292. The zero-order chi connectivity index (χ0) is 14.4. The maximum absolute atomic E-state index is 8.68. The van der Waals surface area contributed by atoms with E-state index in [2.05, 4.69) is 15.3 Å². The van der Waals surface area contributed by atoms with E-state index in [1.807, 2.05) is 0 Å². The lowest BCUT2D eigenvalue weighted by Crippen LogP contribution is -2.07. The van der Waals surface area contributed by atoms with Crippen molar-refractivity contribution in [1.82, 2.24) is 9.97 Å². The van der Waals surface area contributed by atoms with Gasteiger partial charge in [-0.25, -0.2) is 9.97 Å². The molecule has 0 radical (unpaired) electrons. The van der Waals surface area contributed by atoms with Crippen molar-refractivity contribution in [3.63, 3.8) is 0 Å². The Balaban J connectivity index is 1.97. The van der Waals surface area contributed by atoms with Gasteiger partial charge in [-0.2, -0.15) is 0 Å². The van der Waals surface area contributed by atoms with Crippen molar-refractivity contribution in [1.29, 1.82) is 0 Å². The number of hydrogen-bond acceptors (Lipinski definition) is 5. The molecular weight excluding hydrogens is 301 g/mol. The van der Waals surface area contributed by atoms with Crippen molar-refractivity contribution in [2.24, 2.45) is 0 Å². The summed E-state index contributed by atoms with van der Waals surface area (Å²) < 4.78 is 5.49. The first-order valence-electron chi connectivity index (χ1n) is 5.93. The summed E-state index contributed by atoms with van der Waals surface area (Å²) in [5.74, 6) is 0.942. The second kappa shape index (κ2) is 7.28. The largest absolute Gasteiger partial charge is 0.472 e. The van der Waals surface area contributed by atoms with Crippen molar-refractivity contribution in [2.45, 2.75) is 6.61 Å².